The minimum atomic E-state index is 0.187. The fraction of sp³-hybridized carbons (Fsp3) is 0.0909. The summed E-state index contributed by atoms with van der Waals surface area (Å²) in [6, 6.07) is 9.82. The van der Waals surface area contributed by atoms with Crippen molar-refractivity contribution >= 4 is 50.5 Å². The molecule has 0 aliphatic carbocycles. The molecule has 0 saturated carbocycles. The molecule has 2 aromatic rings. The second kappa shape index (κ2) is 4.88. The van der Waals surface area contributed by atoms with E-state index in [4.69, 9.17) is 23.2 Å². The van der Waals surface area contributed by atoms with Gasteiger partial charge in [0.15, 0.2) is 0 Å². The van der Waals surface area contributed by atoms with Gasteiger partial charge >= 0.3 is 0 Å². The van der Waals surface area contributed by atoms with Gasteiger partial charge in [-0.15, -0.1) is 11.3 Å². The molecule has 1 unspecified atom stereocenters. The van der Waals surface area contributed by atoms with Crippen LogP contribution in [-0.2, 0) is 0 Å². The van der Waals surface area contributed by atoms with E-state index < -0.39 is 0 Å². The van der Waals surface area contributed by atoms with Crippen LogP contribution in [0.2, 0.25) is 10.0 Å². The molecule has 0 fully saturated rings. The van der Waals surface area contributed by atoms with E-state index >= 15 is 0 Å². The van der Waals surface area contributed by atoms with Crippen LogP contribution in [0.4, 0.5) is 0 Å². The summed E-state index contributed by atoms with van der Waals surface area (Å²) < 4.78 is 0. The molecule has 0 N–H and O–H groups in total. The third-order valence-corrected chi connectivity index (χ3v) is 5.03. The molecular weight excluding hydrogens is 315 g/mol. The topological polar surface area (TPSA) is 0 Å². The Morgan fingerprint density at radius 3 is 2.53 bits per heavy atom. The van der Waals surface area contributed by atoms with E-state index in [-0.39, 0.29) is 4.83 Å². The molecule has 0 saturated heterocycles. The smallest absolute Gasteiger partial charge is 0.0738 e. The van der Waals surface area contributed by atoms with Crippen molar-refractivity contribution in [2.75, 3.05) is 0 Å². The monoisotopic (exact) mass is 320 g/mol. The number of hydrogen-bond acceptors (Lipinski definition) is 1. The molecule has 0 nitrogen and oxygen atoms in total. The highest BCUT2D eigenvalue weighted by Crippen LogP contribution is 2.36. The predicted molar refractivity (Wildman–Crippen MR) is 71.6 cm³/mol. The molecule has 15 heavy (non-hydrogen) atoms. The minimum absolute atomic E-state index is 0.187. The van der Waals surface area contributed by atoms with E-state index in [1.165, 1.54) is 4.88 Å². The van der Waals surface area contributed by atoms with E-state index in [2.05, 4.69) is 27.4 Å². The van der Waals surface area contributed by atoms with Crippen molar-refractivity contribution in [1.82, 2.24) is 0 Å². The molecule has 1 aromatic heterocycles. The van der Waals surface area contributed by atoms with Gasteiger partial charge in [0.2, 0.25) is 0 Å². The number of benzene rings is 1. The second-order valence-corrected chi connectivity index (χ2v) is 5.76. The molecule has 78 valence electrons. The van der Waals surface area contributed by atoms with Crippen molar-refractivity contribution in [3.05, 3.63) is 56.2 Å². The Kier molecular flexibility index (Phi) is 3.73. The van der Waals surface area contributed by atoms with Crippen LogP contribution in [0.3, 0.4) is 0 Å². The molecule has 4 heteroatoms. The van der Waals surface area contributed by atoms with E-state index in [1.807, 2.05) is 24.3 Å². The van der Waals surface area contributed by atoms with Gasteiger partial charge in [-0.3, -0.25) is 0 Å². The van der Waals surface area contributed by atoms with Gasteiger partial charge < -0.3 is 0 Å². The second-order valence-electron chi connectivity index (χ2n) is 3.05. The van der Waals surface area contributed by atoms with Crippen molar-refractivity contribution in [1.29, 1.82) is 0 Å². The lowest BCUT2D eigenvalue weighted by molar-refractivity contribution is 1.23. The maximum Gasteiger partial charge on any atom is 0.0738 e. The summed E-state index contributed by atoms with van der Waals surface area (Å²) in [5.74, 6) is 0. The van der Waals surface area contributed by atoms with Crippen molar-refractivity contribution in [3.8, 4) is 0 Å². The molecule has 1 aromatic carbocycles. The van der Waals surface area contributed by atoms with Crippen LogP contribution in [0.25, 0.3) is 0 Å². The number of thiophene rings is 1. The lowest BCUT2D eigenvalue weighted by Gasteiger charge is -2.08. The lowest BCUT2D eigenvalue weighted by Crippen LogP contribution is -1.89. The van der Waals surface area contributed by atoms with Crippen molar-refractivity contribution in [2.24, 2.45) is 0 Å². The number of alkyl halides is 1. The van der Waals surface area contributed by atoms with Gasteiger partial charge in [0.25, 0.3) is 0 Å². The van der Waals surface area contributed by atoms with Gasteiger partial charge in [-0.2, -0.15) is 0 Å². The number of halogens is 3. The van der Waals surface area contributed by atoms with Crippen LogP contribution < -0.4 is 0 Å². The first-order chi connectivity index (χ1) is 7.18. The maximum absolute atomic E-state index is 5.97. The Morgan fingerprint density at radius 2 is 1.93 bits per heavy atom. The first-order valence-electron chi connectivity index (χ1n) is 4.31. The summed E-state index contributed by atoms with van der Waals surface area (Å²) in [6.07, 6.45) is 0. The number of hydrogen-bond donors (Lipinski definition) is 0. The van der Waals surface area contributed by atoms with Gasteiger partial charge in [0.1, 0.15) is 0 Å². The minimum Gasteiger partial charge on any atom is -0.147 e. The van der Waals surface area contributed by atoms with Gasteiger partial charge in [0, 0.05) is 4.88 Å². The highest BCUT2D eigenvalue weighted by Gasteiger charge is 2.12. The van der Waals surface area contributed by atoms with E-state index in [0.29, 0.717) is 10.0 Å². The molecule has 1 heterocycles. The van der Waals surface area contributed by atoms with Crippen LogP contribution in [-0.4, -0.2) is 0 Å². The summed E-state index contributed by atoms with van der Waals surface area (Å²) in [5.41, 5.74) is 1.12. The zero-order chi connectivity index (χ0) is 10.8. The molecule has 2 rings (SSSR count). The average Bonchev–Trinajstić information content (AvgIpc) is 2.74. The molecule has 0 bridgehead atoms. The summed E-state index contributed by atoms with van der Waals surface area (Å²) in [4.78, 5) is 1.45. The Labute approximate surface area is 111 Å². The average molecular weight is 322 g/mol. The summed E-state index contributed by atoms with van der Waals surface area (Å²) >= 11 is 17.2. The largest absolute Gasteiger partial charge is 0.147 e. The number of rotatable bonds is 2. The highest BCUT2D eigenvalue weighted by atomic mass is 79.9. The van der Waals surface area contributed by atoms with E-state index in [0.717, 1.165) is 5.56 Å². The van der Waals surface area contributed by atoms with Crippen molar-refractivity contribution in [2.45, 2.75) is 4.83 Å². The maximum atomic E-state index is 5.97. The fourth-order valence-corrected chi connectivity index (χ4v) is 3.06. The van der Waals surface area contributed by atoms with Gasteiger partial charge in [-0.25, -0.2) is 0 Å². The van der Waals surface area contributed by atoms with Crippen LogP contribution in [0, 0.1) is 0 Å². The first-order valence-corrected chi connectivity index (χ1v) is 6.86. The molecule has 0 radical (unpaired) electrons. The predicted octanol–water partition coefficient (Wildman–Crippen LogP) is 5.54. The van der Waals surface area contributed by atoms with E-state index in [1.54, 1.807) is 11.3 Å². The standard InChI is InChI=1S/C11H7BrCl2S/c12-11(10-2-1-5-15-10)7-3-4-8(13)9(14)6-7/h1-6,11H. The van der Waals surface area contributed by atoms with Gasteiger partial charge in [-0.1, -0.05) is 51.3 Å². The first kappa shape index (κ1) is 11.5. The summed E-state index contributed by atoms with van der Waals surface area (Å²) in [7, 11) is 0. The van der Waals surface area contributed by atoms with Crippen LogP contribution in [0.1, 0.15) is 15.3 Å². The van der Waals surface area contributed by atoms with Gasteiger partial charge in [0.05, 0.1) is 14.9 Å². The van der Waals surface area contributed by atoms with Crippen molar-refractivity contribution < 1.29 is 0 Å². The Hall–Kier alpha value is -0.0200. The Balaban J connectivity index is 2.34. The quantitative estimate of drug-likeness (QED) is 0.637. The molecular formula is C11H7BrCl2S. The van der Waals surface area contributed by atoms with Crippen molar-refractivity contribution in [3.63, 3.8) is 0 Å². The Morgan fingerprint density at radius 1 is 1.13 bits per heavy atom. The summed E-state index contributed by atoms with van der Waals surface area (Å²) in [5, 5.41) is 3.24. The van der Waals surface area contributed by atoms with E-state index in [9.17, 15) is 0 Å². The zero-order valence-electron chi connectivity index (χ0n) is 7.58. The molecule has 0 aliphatic heterocycles. The molecule has 1 atom stereocenters. The van der Waals surface area contributed by atoms with Crippen LogP contribution >= 0.6 is 50.5 Å². The third kappa shape index (κ3) is 2.56. The third-order valence-electron chi connectivity index (χ3n) is 2.03. The van der Waals surface area contributed by atoms with Gasteiger partial charge in [-0.05, 0) is 29.1 Å². The normalized spacial score (nSPS) is 12.7. The molecule has 0 amide bonds. The highest BCUT2D eigenvalue weighted by molar-refractivity contribution is 9.09. The van der Waals surface area contributed by atoms with Crippen LogP contribution in [0.5, 0.6) is 0 Å². The van der Waals surface area contributed by atoms with Crippen LogP contribution in [0.15, 0.2) is 35.7 Å². The molecule has 0 spiro atoms. The SMILES string of the molecule is Clc1ccc(C(Br)c2cccs2)cc1Cl. The zero-order valence-corrected chi connectivity index (χ0v) is 11.5. The molecule has 0 aliphatic rings. The Bertz CT molecular complexity index is 454. The lowest BCUT2D eigenvalue weighted by atomic mass is 10.1. The fourth-order valence-electron chi connectivity index (χ4n) is 1.27. The summed E-state index contributed by atoms with van der Waals surface area (Å²) in [6.45, 7) is 0.